The van der Waals surface area contributed by atoms with Gasteiger partial charge < -0.3 is 4.74 Å². The van der Waals surface area contributed by atoms with Gasteiger partial charge in [0.25, 0.3) is 5.69 Å². The third-order valence-electron chi connectivity index (χ3n) is 3.56. The molecule has 20 heavy (non-hydrogen) atoms. The summed E-state index contributed by atoms with van der Waals surface area (Å²) >= 11 is 5.74. The monoisotopic (exact) mass is 297 g/mol. The largest absolute Gasteiger partial charge is 0.465 e. The predicted molar refractivity (Wildman–Crippen MR) is 70.5 cm³/mol. The van der Waals surface area contributed by atoms with Crippen LogP contribution in [0.4, 0.5) is 5.69 Å². The first-order valence-electron chi connectivity index (χ1n) is 5.98. The standard InChI is InChI=1S/C13H12ClNO5/c1-8(16)13(4-5-20-12(13)17)7-9-2-3-10(14)6-11(9)15(18)19/h2-3,6H,4-5,7H2,1H3. The fourth-order valence-electron chi connectivity index (χ4n) is 2.34. The van der Waals surface area contributed by atoms with Gasteiger partial charge in [0.05, 0.1) is 11.5 Å². The first-order chi connectivity index (χ1) is 9.36. The first kappa shape index (κ1) is 14.5. The fraction of sp³-hybridized carbons (Fsp3) is 0.385. The molecule has 6 nitrogen and oxygen atoms in total. The lowest BCUT2D eigenvalue weighted by Gasteiger charge is -2.21. The number of nitro groups is 1. The summed E-state index contributed by atoms with van der Waals surface area (Å²) < 4.78 is 4.87. The molecule has 1 atom stereocenters. The molecular weight excluding hydrogens is 286 g/mol. The van der Waals surface area contributed by atoms with Gasteiger partial charge in [0.2, 0.25) is 0 Å². The molecule has 1 fully saturated rings. The number of halogens is 1. The zero-order valence-electron chi connectivity index (χ0n) is 10.7. The second-order valence-electron chi connectivity index (χ2n) is 4.73. The molecule has 0 amide bonds. The van der Waals surface area contributed by atoms with Crippen molar-refractivity contribution in [3.05, 3.63) is 38.9 Å². The zero-order valence-corrected chi connectivity index (χ0v) is 11.5. The van der Waals surface area contributed by atoms with E-state index in [1.165, 1.54) is 25.1 Å². The van der Waals surface area contributed by atoms with Crippen molar-refractivity contribution in [1.29, 1.82) is 0 Å². The number of carbonyl (C=O) groups is 2. The van der Waals surface area contributed by atoms with Crippen molar-refractivity contribution in [2.45, 2.75) is 19.8 Å². The van der Waals surface area contributed by atoms with E-state index in [-0.39, 0.29) is 35.9 Å². The Morgan fingerprint density at radius 3 is 2.75 bits per heavy atom. The first-order valence-corrected chi connectivity index (χ1v) is 6.36. The number of nitro benzene ring substituents is 1. The smallest absolute Gasteiger partial charge is 0.320 e. The van der Waals surface area contributed by atoms with Gasteiger partial charge in [-0.25, -0.2) is 0 Å². The number of nitrogens with zero attached hydrogens (tertiary/aromatic N) is 1. The highest BCUT2D eigenvalue weighted by Crippen LogP contribution is 2.37. The van der Waals surface area contributed by atoms with E-state index in [0.29, 0.717) is 5.56 Å². The van der Waals surface area contributed by atoms with Gasteiger partial charge in [-0.1, -0.05) is 17.7 Å². The summed E-state index contributed by atoms with van der Waals surface area (Å²) in [6.45, 7) is 1.45. The zero-order chi connectivity index (χ0) is 14.9. The Hall–Kier alpha value is -1.95. The van der Waals surface area contributed by atoms with Crippen molar-refractivity contribution < 1.29 is 19.2 Å². The third kappa shape index (κ3) is 2.38. The number of benzene rings is 1. The number of hydrogen-bond acceptors (Lipinski definition) is 5. The summed E-state index contributed by atoms with van der Waals surface area (Å²) in [5, 5.41) is 11.3. The van der Waals surface area contributed by atoms with Crippen LogP contribution >= 0.6 is 11.6 Å². The number of Topliss-reactive ketones (excluding diaryl/α,β-unsaturated/α-hetero) is 1. The lowest BCUT2D eigenvalue weighted by Crippen LogP contribution is -2.36. The lowest BCUT2D eigenvalue weighted by atomic mass is 9.77. The highest BCUT2D eigenvalue weighted by Gasteiger charge is 2.49. The van der Waals surface area contributed by atoms with Gasteiger partial charge in [0, 0.05) is 29.5 Å². The lowest BCUT2D eigenvalue weighted by molar-refractivity contribution is -0.385. The average molecular weight is 298 g/mol. The van der Waals surface area contributed by atoms with Crippen molar-refractivity contribution in [2.24, 2.45) is 5.41 Å². The number of cyclic esters (lactones) is 1. The highest BCUT2D eigenvalue weighted by atomic mass is 35.5. The molecule has 0 aliphatic carbocycles. The topological polar surface area (TPSA) is 86.5 Å². The molecule has 7 heteroatoms. The molecule has 0 N–H and O–H groups in total. The van der Waals surface area contributed by atoms with E-state index in [1.807, 2.05) is 0 Å². The quantitative estimate of drug-likeness (QED) is 0.368. The Bertz CT molecular complexity index is 600. The maximum absolute atomic E-state index is 11.9. The van der Waals surface area contributed by atoms with Crippen LogP contribution in [0.2, 0.25) is 5.02 Å². The third-order valence-corrected chi connectivity index (χ3v) is 3.80. The van der Waals surface area contributed by atoms with Crippen molar-refractivity contribution in [1.82, 2.24) is 0 Å². The molecule has 0 saturated carbocycles. The number of rotatable bonds is 4. The van der Waals surface area contributed by atoms with Crippen molar-refractivity contribution in [2.75, 3.05) is 6.61 Å². The van der Waals surface area contributed by atoms with E-state index in [4.69, 9.17) is 16.3 Å². The van der Waals surface area contributed by atoms with Crippen molar-refractivity contribution in [3.8, 4) is 0 Å². The summed E-state index contributed by atoms with van der Waals surface area (Å²) in [6.07, 6.45) is 0.190. The van der Waals surface area contributed by atoms with Gasteiger partial charge >= 0.3 is 5.97 Å². The van der Waals surface area contributed by atoms with E-state index in [0.717, 1.165) is 0 Å². The van der Waals surface area contributed by atoms with E-state index in [2.05, 4.69) is 0 Å². The van der Waals surface area contributed by atoms with E-state index < -0.39 is 16.3 Å². The minimum Gasteiger partial charge on any atom is -0.465 e. The summed E-state index contributed by atoms with van der Waals surface area (Å²) in [5.74, 6) is -0.960. The minimum absolute atomic E-state index is 0.0470. The molecule has 0 spiro atoms. The summed E-state index contributed by atoms with van der Waals surface area (Å²) in [6, 6.07) is 4.18. The van der Waals surface area contributed by atoms with E-state index in [9.17, 15) is 19.7 Å². The molecule has 1 unspecified atom stereocenters. The maximum Gasteiger partial charge on any atom is 0.320 e. The van der Waals surface area contributed by atoms with Crippen molar-refractivity contribution in [3.63, 3.8) is 0 Å². The molecule has 0 radical (unpaired) electrons. The molecule has 2 rings (SSSR count). The van der Waals surface area contributed by atoms with Gasteiger partial charge in [-0.2, -0.15) is 0 Å². The van der Waals surface area contributed by atoms with Crippen LogP contribution in [-0.4, -0.2) is 23.3 Å². The SMILES string of the molecule is CC(=O)C1(Cc2ccc(Cl)cc2[N+](=O)[O-])CCOC1=O. The maximum atomic E-state index is 11.9. The minimum atomic E-state index is -1.32. The van der Waals surface area contributed by atoms with Crippen LogP contribution in [-0.2, 0) is 20.7 Å². The Kier molecular flexibility index (Phi) is 3.76. The van der Waals surface area contributed by atoms with Crippen LogP contribution in [0, 0.1) is 15.5 Å². The molecule has 1 saturated heterocycles. The molecule has 1 aromatic rings. The number of ketones is 1. The Balaban J connectivity index is 2.45. The summed E-state index contributed by atoms with van der Waals surface area (Å²) in [7, 11) is 0. The molecule has 1 aromatic carbocycles. The number of hydrogen-bond donors (Lipinski definition) is 0. The molecule has 1 aliphatic heterocycles. The number of ether oxygens (including phenoxy) is 1. The van der Waals surface area contributed by atoms with Gasteiger partial charge in [0.15, 0.2) is 0 Å². The molecule has 0 aromatic heterocycles. The van der Waals surface area contributed by atoms with Crippen LogP contribution in [0.1, 0.15) is 18.9 Å². The van der Waals surface area contributed by atoms with Gasteiger partial charge in [-0.05, 0) is 13.0 Å². The Morgan fingerprint density at radius 1 is 1.55 bits per heavy atom. The Morgan fingerprint density at radius 2 is 2.25 bits per heavy atom. The average Bonchev–Trinajstić information content (AvgIpc) is 2.74. The molecule has 1 heterocycles. The van der Waals surface area contributed by atoms with Crippen LogP contribution in [0.3, 0.4) is 0 Å². The van der Waals surface area contributed by atoms with Crippen LogP contribution in [0.15, 0.2) is 18.2 Å². The number of esters is 1. The predicted octanol–water partition coefficient (Wildman–Crippen LogP) is 2.31. The van der Waals surface area contributed by atoms with Crippen molar-refractivity contribution >= 4 is 29.0 Å². The van der Waals surface area contributed by atoms with E-state index >= 15 is 0 Å². The number of carbonyl (C=O) groups excluding carboxylic acids is 2. The fourth-order valence-corrected chi connectivity index (χ4v) is 2.51. The Labute approximate surface area is 119 Å². The molecular formula is C13H12ClNO5. The molecule has 106 valence electrons. The second kappa shape index (κ2) is 5.20. The van der Waals surface area contributed by atoms with Gasteiger partial charge in [-0.15, -0.1) is 0 Å². The van der Waals surface area contributed by atoms with E-state index in [1.54, 1.807) is 0 Å². The van der Waals surface area contributed by atoms with Crippen LogP contribution in [0.25, 0.3) is 0 Å². The molecule has 0 bridgehead atoms. The second-order valence-corrected chi connectivity index (χ2v) is 5.17. The normalized spacial score (nSPS) is 21.6. The van der Waals surface area contributed by atoms with Crippen LogP contribution in [0.5, 0.6) is 0 Å². The van der Waals surface area contributed by atoms with Gasteiger partial charge in [-0.3, -0.25) is 19.7 Å². The summed E-state index contributed by atoms with van der Waals surface area (Å²) in [4.78, 5) is 34.2. The van der Waals surface area contributed by atoms with Gasteiger partial charge in [0.1, 0.15) is 11.2 Å². The van der Waals surface area contributed by atoms with Crippen LogP contribution < -0.4 is 0 Å². The molecule has 1 aliphatic rings. The highest BCUT2D eigenvalue weighted by molar-refractivity contribution is 6.30. The summed E-state index contributed by atoms with van der Waals surface area (Å²) in [5.41, 5.74) is -1.22.